The van der Waals surface area contributed by atoms with E-state index < -0.39 is 0 Å². The van der Waals surface area contributed by atoms with Crippen LogP contribution in [0.2, 0.25) is 0 Å². The molecule has 0 radical (unpaired) electrons. The Hall–Kier alpha value is -1.90. The van der Waals surface area contributed by atoms with E-state index in [4.69, 9.17) is 0 Å². The summed E-state index contributed by atoms with van der Waals surface area (Å²) in [6, 6.07) is 8.22. The summed E-state index contributed by atoms with van der Waals surface area (Å²) in [6.45, 7) is 0. The van der Waals surface area contributed by atoms with Crippen molar-refractivity contribution in [1.29, 1.82) is 0 Å². The van der Waals surface area contributed by atoms with E-state index in [2.05, 4.69) is 27.3 Å². The molecule has 3 heteroatoms. The molecule has 0 bridgehead atoms. The molecule has 0 unspecified atom stereocenters. The van der Waals surface area contributed by atoms with E-state index in [1.165, 1.54) is 10.8 Å². The molecule has 1 aromatic carbocycles. The summed E-state index contributed by atoms with van der Waals surface area (Å²) in [6.07, 6.45) is 3.71. The van der Waals surface area contributed by atoms with Crippen molar-refractivity contribution in [2.45, 2.75) is 0 Å². The summed E-state index contributed by atoms with van der Waals surface area (Å²) in [5, 5.41) is 9.21. The number of hydrogen-bond donors (Lipinski definition) is 1. The van der Waals surface area contributed by atoms with Crippen LogP contribution in [0.1, 0.15) is 0 Å². The Balaban J connectivity index is 2.64. The largest absolute Gasteiger partial charge is 0.353 e. The molecule has 13 heavy (non-hydrogen) atoms. The Bertz CT molecular complexity index is 518. The molecule has 0 fully saturated rings. The Labute approximate surface area is 74.4 Å². The predicted molar refractivity (Wildman–Crippen MR) is 50.2 cm³/mol. The third-order valence-corrected chi connectivity index (χ3v) is 2.25. The first kappa shape index (κ1) is 6.60. The molecule has 0 amide bonds. The second-order valence-corrected chi connectivity index (χ2v) is 3.03. The molecular weight excluding hydrogens is 162 g/mol. The van der Waals surface area contributed by atoms with E-state index in [0.717, 1.165) is 11.0 Å². The molecule has 62 valence electrons. The van der Waals surface area contributed by atoms with E-state index in [-0.39, 0.29) is 0 Å². The molecule has 3 nitrogen and oxygen atoms in total. The first-order chi connectivity index (χ1) is 6.45. The highest BCUT2D eigenvalue weighted by atomic mass is 15.1. The molecule has 2 N–H and O–H groups in total. The predicted octanol–water partition coefficient (Wildman–Crippen LogP) is 1.53. The van der Waals surface area contributed by atoms with Gasteiger partial charge in [-0.2, -0.15) is 0 Å². The number of benzene rings is 1. The van der Waals surface area contributed by atoms with Crippen LogP contribution >= 0.6 is 0 Å². The molecular formula is C10H8N3+. The van der Waals surface area contributed by atoms with E-state index in [1.807, 2.05) is 18.3 Å². The van der Waals surface area contributed by atoms with Crippen LogP contribution in [0.5, 0.6) is 0 Å². The number of nitrogens with zero attached hydrogens (tertiary/aromatic N) is 1. The summed E-state index contributed by atoms with van der Waals surface area (Å²) in [5.41, 5.74) is 2.22. The van der Waals surface area contributed by atoms with Gasteiger partial charge in [-0.05, 0) is 11.2 Å². The highest BCUT2D eigenvalue weighted by molar-refractivity contribution is 6.06. The molecule has 2 aromatic heterocycles. The number of nitrogens with one attached hydrogen (secondary N) is 2. The molecule has 3 rings (SSSR count). The van der Waals surface area contributed by atoms with E-state index in [9.17, 15) is 0 Å². The average molecular weight is 170 g/mol. The average Bonchev–Trinajstić information content (AvgIpc) is 2.56. The van der Waals surface area contributed by atoms with Crippen LogP contribution in [0.4, 0.5) is 0 Å². The van der Waals surface area contributed by atoms with Crippen molar-refractivity contribution in [2.24, 2.45) is 0 Å². The molecule has 0 saturated heterocycles. The molecule has 0 spiro atoms. The quantitative estimate of drug-likeness (QED) is 0.546. The molecule has 0 saturated carbocycles. The van der Waals surface area contributed by atoms with Gasteiger partial charge in [-0.15, -0.1) is 5.10 Å². The second-order valence-electron chi connectivity index (χ2n) is 3.03. The van der Waals surface area contributed by atoms with Gasteiger partial charge in [0.05, 0.1) is 10.9 Å². The number of rotatable bonds is 0. The van der Waals surface area contributed by atoms with Crippen molar-refractivity contribution in [1.82, 2.24) is 10.1 Å². The van der Waals surface area contributed by atoms with Crippen molar-refractivity contribution in [3.05, 3.63) is 36.7 Å². The second kappa shape index (κ2) is 2.29. The fraction of sp³-hybridized carbons (Fsp3) is 0. The van der Waals surface area contributed by atoms with Gasteiger partial charge in [0.1, 0.15) is 6.20 Å². The molecule has 2 heterocycles. The fourth-order valence-corrected chi connectivity index (χ4v) is 1.65. The Morgan fingerprint density at radius 1 is 1.08 bits per heavy atom. The number of fused-ring (bicyclic) bond motifs is 3. The lowest BCUT2D eigenvalue weighted by atomic mass is 10.2. The number of para-hydroxylation sites is 1. The SMILES string of the molecule is c1ccc2c(c1)[nH]c1cn[nH+]cc12. The summed E-state index contributed by atoms with van der Waals surface area (Å²) >= 11 is 0. The minimum atomic E-state index is 1.07. The van der Waals surface area contributed by atoms with Crippen LogP contribution in [0.3, 0.4) is 0 Å². The van der Waals surface area contributed by atoms with E-state index in [1.54, 1.807) is 6.20 Å². The van der Waals surface area contributed by atoms with Crippen LogP contribution in [0, 0.1) is 0 Å². The number of H-pyrrole nitrogens is 2. The van der Waals surface area contributed by atoms with Crippen molar-refractivity contribution >= 4 is 21.8 Å². The molecule has 0 atom stereocenters. The maximum Gasteiger partial charge on any atom is 0.203 e. The Morgan fingerprint density at radius 2 is 2.00 bits per heavy atom. The normalized spacial score (nSPS) is 11.1. The standard InChI is InChI=1S/C10H7N3/c1-2-4-9-7(3-1)8-5-11-12-6-10(8)13-9/h1-6,13H/p+1. The zero-order chi connectivity index (χ0) is 8.67. The minimum Gasteiger partial charge on any atom is -0.353 e. The fourth-order valence-electron chi connectivity index (χ4n) is 1.65. The molecule has 0 aliphatic rings. The number of aromatic amines is 2. The molecule has 0 aliphatic carbocycles. The van der Waals surface area contributed by atoms with Crippen molar-refractivity contribution in [3.63, 3.8) is 0 Å². The van der Waals surface area contributed by atoms with Gasteiger partial charge >= 0.3 is 0 Å². The lowest BCUT2D eigenvalue weighted by molar-refractivity contribution is -0.453. The van der Waals surface area contributed by atoms with Gasteiger partial charge in [-0.25, -0.2) is 0 Å². The highest BCUT2D eigenvalue weighted by Gasteiger charge is 2.04. The topological polar surface area (TPSA) is 42.8 Å². The monoisotopic (exact) mass is 170 g/mol. The summed E-state index contributed by atoms with van der Waals surface area (Å²) in [7, 11) is 0. The highest BCUT2D eigenvalue weighted by Crippen LogP contribution is 2.22. The van der Waals surface area contributed by atoms with Gasteiger partial charge in [-0.1, -0.05) is 18.2 Å². The van der Waals surface area contributed by atoms with Gasteiger partial charge < -0.3 is 4.98 Å². The number of aromatic nitrogens is 3. The van der Waals surface area contributed by atoms with Crippen molar-refractivity contribution in [3.8, 4) is 0 Å². The van der Waals surface area contributed by atoms with E-state index in [0.29, 0.717) is 0 Å². The van der Waals surface area contributed by atoms with Crippen molar-refractivity contribution in [2.75, 3.05) is 0 Å². The zero-order valence-corrected chi connectivity index (χ0v) is 6.91. The van der Waals surface area contributed by atoms with Gasteiger partial charge in [0.2, 0.25) is 6.20 Å². The smallest absolute Gasteiger partial charge is 0.203 e. The van der Waals surface area contributed by atoms with Crippen LogP contribution in [0.15, 0.2) is 36.7 Å². The van der Waals surface area contributed by atoms with Crippen LogP contribution < -0.4 is 5.10 Å². The van der Waals surface area contributed by atoms with Crippen LogP contribution in [0.25, 0.3) is 21.8 Å². The number of hydrogen-bond acceptors (Lipinski definition) is 1. The van der Waals surface area contributed by atoms with Crippen molar-refractivity contribution < 1.29 is 5.10 Å². The van der Waals surface area contributed by atoms with E-state index >= 15 is 0 Å². The van der Waals surface area contributed by atoms with Crippen LogP contribution in [-0.2, 0) is 0 Å². The summed E-state index contributed by atoms with van der Waals surface area (Å²) in [4.78, 5) is 3.30. The van der Waals surface area contributed by atoms with Gasteiger partial charge in [0, 0.05) is 10.9 Å². The lowest BCUT2D eigenvalue weighted by Gasteiger charge is -1.84. The Kier molecular flexibility index (Phi) is 1.16. The van der Waals surface area contributed by atoms with Gasteiger partial charge in [-0.3, -0.25) is 0 Å². The van der Waals surface area contributed by atoms with Crippen LogP contribution in [-0.4, -0.2) is 10.1 Å². The molecule has 0 aliphatic heterocycles. The zero-order valence-electron chi connectivity index (χ0n) is 6.91. The minimum absolute atomic E-state index is 1.07. The third-order valence-electron chi connectivity index (χ3n) is 2.25. The maximum absolute atomic E-state index is 3.95. The third kappa shape index (κ3) is 0.839. The Morgan fingerprint density at radius 3 is 3.00 bits per heavy atom. The lowest BCUT2D eigenvalue weighted by Crippen LogP contribution is -2.04. The maximum atomic E-state index is 3.95. The van der Waals surface area contributed by atoms with Gasteiger partial charge in [0.25, 0.3) is 0 Å². The first-order valence-corrected chi connectivity index (χ1v) is 4.18. The van der Waals surface area contributed by atoms with Gasteiger partial charge in [0.15, 0.2) is 0 Å². The summed E-state index contributed by atoms with van der Waals surface area (Å²) in [5.74, 6) is 0. The molecule has 3 aromatic rings. The first-order valence-electron chi connectivity index (χ1n) is 4.18. The summed E-state index contributed by atoms with van der Waals surface area (Å²) < 4.78 is 0.